The first kappa shape index (κ1) is 27.0. The van der Waals surface area contributed by atoms with E-state index in [-0.39, 0.29) is 22.5 Å². The van der Waals surface area contributed by atoms with Crippen LogP contribution in [0.4, 0.5) is 25.5 Å². The first-order valence-corrected chi connectivity index (χ1v) is 15.6. The summed E-state index contributed by atoms with van der Waals surface area (Å²) in [6.07, 6.45) is 3.65. The Balaban J connectivity index is 1.29. The summed E-state index contributed by atoms with van der Waals surface area (Å²) in [6.45, 7) is 3.10. The smallest absolute Gasteiger partial charge is 0.319 e. The van der Waals surface area contributed by atoms with E-state index in [0.717, 1.165) is 56.7 Å². The molecule has 4 aliphatic rings. The largest absolute Gasteiger partial charge is 0.494 e. The number of nitrogens with two attached hydrogens (primary N) is 2. The van der Waals surface area contributed by atoms with Crippen LogP contribution in [0.5, 0.6) is 11.8 Å². The number of alkyl halides is 1. The number of aromatic nitrogens is 4. The quantitative estimate of drug-likeness (QED) is 0.296. The number of nitrogens with zero attached hydrogens (tertiary/aromatic N) is 6. The van der Waals surface area contributed by atoms with Gasteiger partial charge in [0.1, 0.15) is 35.4 Å². The lowest BCUT2D eigenvalue weighted by molar-refractivity contribution is 0.107. The van der Waals surface area contributed by atoms with Crippen LogP contribution in [0.1, 0.15) is 32.1 Å². The van der Waals surface area contributed by atoms with Gasteiger partial charge < -0.3 is 31.2 Å². The molecule has 0 aliphatic carbocycles. The molecule has 2 bridgehead atoms. The average molecular weight is 610 g/mol. The van der Waals surface area contributed by atoms with Crippen LogP contribution in [0.3, 0.4) is 0 Å². The fourth-order valence-electron chi connectivity index (χ4n) is 7.65. The number of rotatable bonds is 6. The third-order valence-corrected chi connectivity index (χ3v) is 10.4. The Bertz CT molecular complexity index is 1740. The Morgan fingerprint density at radius 2 is 1.88 bits per heavy atom. The first-order chi connectivity index (χ1) is 20.8. The predicted molar refractivity (Wildman–Crippen MR) is 162 cm³/mol. The molecule has 1 aromatic carbocycles. The van der Waals surface area contributed by atoms with E-state index >= 15 is 0 Å². The molecule has 4 atom stereocenters. The Morgan fingerprint density at radius 1 is 1.07 bits per heavy atom. The molecule has 14 heteroatoms. The lowest BCUT2D eigenvalue weighted by Crippen LogP contribution is -2.51. The van der Waals surface area contributed by atoms with Crippen molar-refractivity contribution in [3.63, 3.8) is 0 Å². The second-order valence-electron chi connectivity index (χ2n) is 12.2. The first-order valence-electron chi connectivity index (χ1n) is 14.7. The van der Waals surface area contributed by atoms with Crippen LogP contribution < -0.4 is 31.2 Å². The zero-order chi connectivity index (χ0) is 29.5. The van der Waals surface area contributed by atoms with Crippen molar-refractivity contribution in [1.29, 1.82) is 0 Å². The van der Waals surface area contributed by atoms with Gasteiger partial charge in [-0.1, -0.05) is 11.3 Å². The number of nitrogen functional groups attached to an aromatic ring is 2. The van der Waals surface area contributed by atoms with Gasteiger partial charge in [0.2, 0.25) is 0 Å². The Hall–Kier alpha value is -3.62. The van der Waals surface area contributed by atoms with Gasteiger partial charge in [-0.15, -0.1) is 0 Å². The lowest BCUT2D eigenvalue weighted by Gasteiger charge is -2.34. The number of anilines is 3. The summed E-state index contributed by atoms with van der Waals surface area (Å²) in [5.74, 6) is 0.739. The Labute approximate surface area is 250 Å². The number of ether oxygens (including phenoxy) is 2. The molecule has 7 heterocycles. The third kappa shape index (κ3) is 4.32. The van der Waals surface area contributed by atoms with Crippen molar-refractivity contribution in [3.05, 3.63) is 17.9 Å². The second-order valence-corrected chi connectivity index (χ2v) is 13.2. The van der Waals surface area contributed by atoms with Crippen LogP contribution in [0.2, 0.25) is 0 Å². The topological polar surface area (TPSA) is 141 Å². The summed E-state index contributed by atoms with van der Waals surface area (Å²) in [5, 5.41) is 3.90. The van der Waals surface area contributed by atoms with Gasteiger partial charge in [0.25, 0.3) is 0 Å². The van der Waals surface area contributed by atoms with Gasteiger partial charge in [-0.2, -0.15) is 9.97 Å². The number of thiazole rings is 1. The molecule has 4 aliphatic heterocycles. The minimum absolute atomic E-state index is 0.176. The number of hydrogen-bond donors (Lipinski definition) is 3. The highest BCUT2D eigenvalue weighted by molar-refractivity contribution is 7.22. The third-order valence-electron chi connectivity index (χ3n) is 9.51. The van der Waals surface area contributed by atoms with Crippen molar-refractivity contribution in [1.82, 2.24) is 30.2 Å². The average Bonchev–Trinajstić information content (AvgIpc) is 3.73. The highest BCUT2D eigenvalue weighted by atomic mass is 32.1. The van der Waals surface area contributed by atoms with Crippen molar-refractivity contribution < 1.29 is 18.3 Å². The van der Waals surface area contributed by atoms with Crippen LogP contribution >= 0.6 is 11.3 Å². The highest BCUT2D eigenvalue weighted by Gasteiger charge is 2.49. The number of pyridine rings is 1. The van der Waals surface area contributed by atoms with E-state index in [1.165, 1.54) is 13.2 Å². The molecule has 8 rings (SSSR count). The number of halogens is 2. The molecule has 11 nitrogen and oxygen atoms in total. The molecule has 4 aromatic rings. The van der Waals surface area contributed by atoms with Gasteiger partial charge >= 0.3 is 6.01 Å². The normalized spacial score (nSPS) is 27.0. The minimum atomic E-state index is -0.865. The van der Waals surface area contributed by atoms with E-state index < -0.39 is 12.0 Å². The van der Waals surface area contributed by atoms with Crippen LogP contribution in [-0.2, 0) is 0 Å². The van der Waals surface area contributed by atoms with Crippen molar-refractivity contribution >= 4 is 49.4 Å². The van der Waals surface area contributed by atoms with Crippen molar-refractivity contribution in [3.8, 4) is 22.9 Å². The van der Waals surface area contributed by atoms with Gasteiger partial charge in [0, 0.05) is 43.7 Å². The zero-order valence-corrected chi connectivity index (χ0v) is 24.6. The van der Waals surface area contributed by atoms with Gasteiger partial charge in [-0.3, -0.25) is 4.90 Å². The maximum absolute atomic E-state index is 14.7. The fraction of sp³-hybridized carbons (Fsp3) is 0.517. The molecule has 3 aromatic heterocycles. The molecule has 0 radical (unpaired) electrons. The number of fused-ring (bicyclic) bond motifs is 5. The van der Waals surface area contributed by atoms with E-state index in [2.05, 4.69) is 20.1 Å². The summed E-state index contributed by atoms with van der Waals surface area (Å²) in [7, 11) is 1.54. The molecular weight excluding hydrogens is 576 g/mol. The van der Waals surface area contributed by atoms with E-state index in [1.807, 2.05) is 0 Å². The van der Waals surface area contributed by atoms with Crippen LogP contribution in [-0.4, -0.2) is 88.5 Å². The van der Waals surface area contributed by atoms with Crippen LogP contribution in [0.15, 0.2) is 12.1 Å². The van der Waals surface area contributed by atoms with Crippen molar-refractivity contribution in [2.45, 2.75) is 55.9 Å². The standard InChI is InChI=1S/C29H33F2N9O2S/c1-41-23-19(17-5-6-18(31)24-20(17)36-27(33)43-24)25(32)35-22-21(23)37-28(38-26(22)39-11-15-3-4-16(12-39)34-15)42-13-29-7-2-8-40(29)10-14(30)9-29/h5-6,14-16,34H,2-4,7-13H2,1H3,(H2,32,35)(H2,33,36)/t14-,15?,16?,29+/m1/s1. The van der Waals surface area contributed by atoms with E-state index in [4.69, 9.17) is 35.9 Å². The van der Waals surface area contributed by atoms with Gasteiger partial charge in [0.05, 0.1) is 28.4 Å². The monoisotopic (exact) mass is 609 g/mol. The number of hydrogen-bond acceptors (Lipinski definition) is 12. The lowest BCUT2D eigenvalue weighted by atomic mass is 9.95. The summed E-state index contributed by atoms with van der Waals surface area (Å²) >= 11 is 1.07. The maximum atomic E-state index is 14.7. The molecule has 0 spiro atoms. The summed E-state index contributed by atoms with van der Waals surface area (Å²) in [4.78, 5) is 23.4. The number of piperazine rings is 1. The van der Waals surface area contributed by atoms with Crippen LogP contribution in [0, 0.1) is 5.82 Å². The van der Waals surface area contributed by atoms with E-state index in [1.54, 1.807) is 6.07 Å². The Morgan fingerprint density at radius 3 is 2.67 bits per heavy atom. The van der Waals surface area contributed by atoms with Crippen LogP contribution in [0.25, 0.3) is 32.4 Å². The summed E-state index contributed by atoms with van der Waals surface area (Å²) in [6, 6.07) is 3.84. The van der Waals surface area contributed by atoms with Crippen molar-refractivity contribution in [2.75, 3.05) is 56.3 Å². The van der Waals surface area contributed by atoms with Crippen molar-refractivity contribution in [2.24, 2.45) is 0 Å². The molecule has 2 unspecified atom stereocenters. The second kappa shape index (κ2) is 9.96. The predicted octanol–water partition coefficient (Wildman–Crippen LogP) is 3.51. The summed E-state index contributed by atoms with van der Waals surface area (Å²) in [5.41, 5.74) is 14.5. The van der Waals surface area contributed by atoms with Gasteiger partial charge in [-0.25, -0.2) is 18.7 Å². The number of nitrogens with one attached hydrogen (secondary N) is 1. The molecular formula is C29H33F2N9O2S. The zero-order valence-electron chi connectivity index (χ0n) is 23.8. The molecule has 4 fully saturated rings. The van der Waals surface area contributed by atoms with E-state index in [9.17, 15) is 8.78 Å². The number of benzene rings is 1. The van der Waals surface area contributed by atoms with Gasteiger partial charge in [0.15, 0.2) is 16.7 Å². The molecule has 4 saturated heterocycles. The highest BCUT2D eigenvalue weighted by Crippen LogP contribution is 2.46. The molecule has 0 saturated carbocycles. The van der Waals surface area contributed by atoms with E-state index in [0.29, 0.717) is 75.6 Å². The SMILES string of the molecule is COc1c(-c2ccc(F)c3sc(N)nc23)c(N)nc2c(N3CC4CCC(C3)N4)nc(OC[C@@]34CCCN3C[C@H](F)C4)nc12. The molecule has 5 N–H and O–H groups in total. The molecule has 0 amide bonds. The maximum Gasteiger partial charge on any atom is 0.319 e. The molecule has 43 heavy (non-hydrogen) atoms. The minimum Gasteiger partial charge on any atom is -0.494 e. The van der Waals surface area contributed by atoms with Gasteiger partial charge in [-0.05, 0) is 44.4 Å². The number of methoxy groups -OCH3 is 1. The fourth-order valence-corrected chi connectivity index (χ4v) is 8.41. The summed E-state index contributed by atoms with van der Waals surface area (Å²) < 4.78 is 41.8. The molecule has 226 valence electrons. The Kier molecular flexibility index (Phi) is 6.25.